The summed E-state index contributed by atoms with van der Waals surface area (Å²) in [6.07, 6.45) is 1.97. The molecule has 0 radical (unpaired) electrons. The second-order valence-electron chi connectivity index (χ2n) is 8.50. The van der Waals surface area contributed by atoms with Crippen molar-refractivity contribution in [1.82, 2.24) is 25.3 Å². The van der Waals surface area contributed by atoms with Crippen LogP contribution in [0.25, 0.3) is 0 Å². The van der Waals surface area contributed by atoms with Crippen LogP contribution >= 0.6 is 0 Å². The lowest BCUT2D eigenvalue weighted by molar-refractivity contribution is -0.230. The predicted octanol–water partition coefficient (Wildman–Crippen LogP) is 0.0635. The van der Waals surface area contributed by atoms with E-state index in [1.165, 1.54) is 0 Å². The molecule has 11 heteroatoms. The molecule has 0 aliphatic carbocycles. The Hall–Kier alpha value is -3.28. The minimum Gasteiger partial charge on any atom is -0.369 e. The van der Waals surface area contributed by atoms with Crippen molar-refractivity contribution in [1.29, 1.82) is 0 Å². The Balaban J connectivity index is 1.38. The summed E-state index contributed by atoms with van der Waals surface area (Å²) in [6, 6.07) is 4.29. The Labute approximate surface area is 198 Å². The van der Waals surface area contributed by atoms with Gasteiger partial charge in [-0.25, -0.2) is 0 Å². The molecular formula is C23H30N6O5. The molecule has 1 atom stereocenters. The second-order valence-corrected chi connectivity index (χ2v) is 8.50. The number of piperidine rings is 1. The van der Waals surface area contributed by atoms with Crippen LogP contribution in [0.2, 0.25) is 0 Å². The smallest absolute Gasteiger partial charge is 0.262 e. The van der Waals surface area contributed by atoms with E-state index in [9.17, 15) is 19.2 Å². The maximum absolute atomic E-state index is 13.1. The number of hydrogen-bond acceptors (Lipinski definition) is 9. The molecule has 0 aromatic heterocycles. The number of piperazine rings is 1. The van der Waals surface area contributed by atoms with E-state index < -0.39 is 23.8 Å². The zero-order chi connectivity index (χ0) is 24.4. The number of nitrogens with one attached hydrogen (secondary N) is 1. The van der Waals surface area contributed by atoms with Crippen LogP contribution in [0.5, 0.6) is 0 Å². The van der Waals surface area contributed by atoms with E-state index in [1.807, 2.05) is 18.1 Å². The van der Waals surface area contributed by atoms with Crippen LogP contribution in [0.3, 0.4) is 0 Å². The third-order valence-electron chi connectivity index (χ3n) is 6.64. The van der Waals surface area contributed by atoms with Crippen LogP contribution in [-0.4, -0.2) is 103 Å². The van der Waals surface area contributed by atoms with Crippen molar-refractivity contribution in [3.8, 4) is 0 Å². The number of nitrogens with zero attached hydrogens (tertiary/aromatic N) is 5. The highest BCUT2D eigenvalue weighted by Gasteiger charge is 2.44. The molecule has 4 amide bonds. The van der Waals surface area contributed by atoms with Crippen molar-refractivity contribution in [2.24, 2.45) is 0 Å². The van der Waals surface area contributed by atoms with Crippen LogP contribution in [-0.2, 0) is 14.4 Å². The van der Waals surface area contributed by atoms with E-state index in [0.29, 0.717) is 11.1 Å². The summed E-state index contributed by atoms with van der Waals surface area (Å²) in [4.78, 5) is 60.4. The number of fused-ring (bicyclic) bond motifs is 1. The molecule has 2 fully saturated rings. The molecule has 2 saturated heterocycles. The zero-order valence-corrected chi connectivity index (χ0v) is 19.5. The normalized spacial score (nSPS) is 21.2. The molecule has 4 rings (SSSR count). The van der Waals surface area contributed by atoms with Gasteiger partial charge in [-0.05, 0) is 24.6 Å². The molecule has 0 spiro atoms. The van der Waals surface area contributed by atoms with Gasteiger partial charge in [0.2, 0.25) is 11.8 Å². The van der Waals surface area contributed by atoms with Crippen LogP contribution in [0.4, 0.5) is 5.69 Å². The molecule has 1 N–H and O–H groups in total. The van der Waals surface area contributed by atoms with Gasteiger partial charge in [0.15, 0.2) is 0 Å². The van der Waals surface area contributed by atoms with Crippen LogP contribution < -0.4 is 10.2 Å². The number of hydroxylamine groups is 1. The van der Waals surface area contributed by atoms with Gasteiger partial charge in [-0.2, -0.15) is 0 Å². The number of amides is 4. The third-order valence-corrected chi connectivity index (χ3v) is 6.64. The molecular weight excluding hydrogens is 440 g/mol. The summed E-state index contributed by atoms with van der Waals surface area (Å²) in [5.74, 6) is -1.96. The lowest BCUT2D eigenvalue weighted by Crippen LogP contribution is -2.54. The van der Waals surface area contributed by atoms with Gasteiger partial charge < -0.3 is 4.90 Å². The molecule has 3 aliphatic heterocycles. The van der Waals surface area contributed by atoms with Gasteiger partial charge in [0, 0.05) is 64.6 Å². The van der Waals surface area contributed by atoms with Gasteiger partial charge in [-0.15, -0.1) is 5.17 Å². The SMILES string of the molecule is C=CN(CCN1CCN(c2ccc3c(c2)C(=O)N(C2CCC(=O)NC2=O)C3=O)CC1)N(C)OC. The number of rotatable bonds is 8. The average molecular weight is 471 g/mol. The standard InChI is InChI=1S/C23H30N6O5/c1-4-28(25(2)34-3)14-11-26-9-12-27(13-10-26)16-5-6-17-18(15-16)23(33)29(22(17)32)19-7-8-20(30)24-21(19)31/h4-6,15,19H,1,7-14H2,2-3H3,(H,24,30,31). The molecule has 11 nitrogen and oxygen atoms in total. The number of hydrogen-bond donors (Lipinski definition) is 1. The lowest BCUT2D eigenvalue weighted by atomic mass is 10.0. The fourth-order valence-electron chi connectivity index (χ4n) is 4.58. The Morgan fingerprint density at radius 3 is 2.47 bits per heavy atom. The molecule has 0 bridgehead atoms. The van der Waals surface area contributed by atoms with Crippen molar-refractivity contribution in [3.05, 3.63) is 42.1 Å². The monoisotopic (exact) mass is 470 g/mol. The maximum Gasteiger partial charge on any atom is 0.262 e. The Morgan fingerprint density at radius 2 is 1.82 bits per heavy atom. The number of carbonyl (C=O) groups is 4. The van der Waals surface area contributed by atoms with Crippen LogP contribution in [0, 0.1) is 0 Å². The summed E-state index contributed by atoms with van der Waals surface area (Å²) in [6.45, 7) is 8.69. The van der Waals surface area contributed by atoms with E-state index in [2.05, 4.69) is 21.7 Å². The highest BCUT2D eigenvalue weighted by atomic mass is 16.7. The molecule has 182 valence electrons. The molecule has 3 aliphatic rings. The highest BCUT2D eigenvalue weighted by molar-refractivity contribution is 6.23. The minimum absolute atomic E-state index is 0.103. The van der Waals surface area contributed by atoms with Gasteiger partial charge in [0.05, 0.1) is 18.2 Å². The van der Waals surface area contributed by atoms with Crippen molar-refractivity contribution in [3.63, 3.8) is 0 Å². The van der Waals surface area contributed by atoms with Gasteiger partial charge in [-0.3, -0.25) is 44.1 Å². The maximum atomic E-state index is 13.1. The quantitative estimate of drug-likeness (QED) is 0.417. The molecule has 1 aromatic rings. The molecule has 0 saturated carbocycles. The molecule has 34 heavy (non-hydrogen) atoms. The first kappa shape index (κ1) is 23.9. The first-order valence-corrected chi connectivity index (χ1v) is 11.3. The summed E-state index contributed by atoms with van der Waals surface area (Å²) in [5, 5.41) is 5.74. The van der Waals surface area contributed by atoms with Crippen LogP contribution in [0.15, 0.2) is 31.0 Å². The van der Waals surface area contributed by atoms with E-state index >= 15 is 0 Å². The fourth-order valence-corrected chi connectivity index (χ4v) is 4.58. The largest absolute Gasteiger partial charge is 0.369 e. The number of anilines is 1. The first-order valence-electron chi connectivity index (χ1n) is 11.3. The first-order chi connectivity index (χ1) is 16.3. The Bertz CT molecular complexity index is 1010. The Kier molecular flexibility index (Phi) is 6.96. The van der Waals surface area contributed by atoms with Gasteiger partial charge in [0.25, 0.3) is 11.8 Å². The summed E-state index contributed by atoms with van der Waals surface area (Å²) in [7, 11) is 3.43. The minimum atomic E-state index is -0.954. The van der Waals surface area contributed by atoms with Crippen LogP contribution in [0.1, 0.15) is 33.6 Å². The van der Waals surface area contributed by atoms with E-state index in [-0.39, 0.29) is 18.7 Å². The lowest BCUT2D eigenvalue weighted by Gasteiger charge is -2.37. The van der Waals surface area contributed by atoms with E-state index in [4.69, 9.17) is 4.84 Å². The second kappa shape index (κ2) is 9.92. The number of carbonyl (C=O) groups excluding carboxylic acids is 4. The molecule has 1 aromatic carbocycles. The molecule has 3 heterocycles. The summed E-state index contributed by atoms with van der Waals surface area (Å²) in [5.41, 5.74) is 1.47. The number of benzene rings is 1. The van der Waals surface area contributed by atoms with Gasteiger partial charge >= 0.3 is 0 Å². The summed E-state index contributed by atoms with van der Waals surface area (Å²) >= 11 is 0. The van der Waals surface area contributed by atoms with Crippen molar-refractivity contribution in [2.75, 3.05) is 58.3 Å². The fraction of sp³-hybridized carbons (Fsp3) is 0.478. The Morgan fingerprint density at radius 1 is 1.12 bits per heavy atom. The number of imide groups is 2. The third kappa shape index (κ3) is 4.54. The van der Waals surface area contributed by atoms with E-state index in [0.717, 1.165) is 49.9 Å². The van der Waals surface area contributed by atoms with Crippen molar-refractivity contribution in [2.45, 2.75) is 18.9 Å². The average Bonchev–Trinajstić information content (AvgIpc) is 3.09. The molecule has 1 unspecified atom stereocenters. The highest BCUT2D eigenvalue weighted by Crippen LogP contribution is 2.31. The van der Waals surface area contributed by atoms with Crippen molar-refractivity contribution < 1.29 is 24.0 Å². The van der Waals surface area contributed by atoms with Gasteiger partial charge in [-0.1, -0.05) is 6.58 Å². The van der Waals surface area contributed by atoms with Crippen molar-refractivity contribution >= 4 is 29.3 Å². The van der Waals surface area contributed by atoms with Gasteiger partial charge in [0.1, 0.15) is 6.04 Å². The van der Waals surface area contributed by atoms with E-state index in [1.54, 1.807) is 30.6 Å². The summed E-state index contributed by atoms with van der Waals surface area (Å²) < 4.78 is 0. The topological polar surface area (TPSA) is 106 Å². The zero-order valence-electron chi connectivity index (χ0n) is 19.5. The number of hydrazine groups is 1. The predicted molar refractivity (Wildman–Crippen MR) is 123 cm³/mol.